The van der Waals surface area contributed by atoms with Crippen LogP contribution in [0.5, 0.6) is 0 Å². The van der Waals surface area contributed by atoms with E-state index in [2.05, 4.69) is 4.74 Å². The molecule has 42 valence electrons. The van der Waals surface area contributed by atoms with Gasteiger partial charge in [-0.3, -0.25) is 0 Å². The topological polar surface area (TPSA) is 9.23 Å². The third kappa shape index (κ3) is 0.997. The van der Waals surface area contributed by atoms with Gasteiger partial charge in [-0.1, -0.05) is 0 Å². The van der Waals surface area contributed by atoms with Crippen LogP contribution in [0.2, 0.25) is 0 Å². The van der Waals surface area contributed by atoms with Gasteiger partial charge < -0.3 is 0 Å². The number of hydrogen-bond acceptors (Lipinski definition) is 1. The van der Waals surface area contributed by atoms with E-state index in [4.69, 9.17) is 0 Å². The normalized spacial score (nSPS) is 43.6. The monoisotopic (exact) mass is 150 g/mol. The van der Waals surface area contributed by atoms with E-state index >= 15 is 0 Å². The van der Waals surface area contributed by atoms with E-state index in [-0.39, 0.29) is 0 Å². The van der Waals surface area contributed by atoms with Crippen molar-refractivity contribution in [2.45, 2.75) is 5.87 Å². The maximum atomic E-state index is 12.2. The van der Waals surface area contributed by atoms with Gasteiger partial charge in [-0.2, -0.15) is 0 Å². The summed E-state index contributed by atoms with van der Waals surface area (Å²) in [5.41, 5.74) is 0. The molecule has 1 rings (SSSR count). The molecule has 0 aromatic rings. The average molecular weight is 150 g/mol. The van der Waals surface area contributed by atoms with Gasteiger partial charge in [0.2, 0.25) is 0 Å². The quantitative estimate of drug-likeness (QED) is 0.455. The molecular formula is C3H2F3KO. The molecule has 0 radical (unpaired) electrons. The van der Waals surface area contributed by atoms with Gasteiger partial charge in [0.25, 0.3) is 0 Å². The molecule has 0 N–H and O–H groups in total. The molecule has 1 fully saturated rings. The Balaban J connectivity index is 2.63. The molecule has 5 heteroatoms. The first-order valence-electron chi connectivity index (χ1n) is 2.16. The Morgan fingerprint density at radius 3 is 1.75 bits per heavy atom. The Labute approximate surface area is 78.2 Å². The van der Waals surface area contributed by atoms with Gasteiger partial charge >= 0.3 is 79.3 Å². The van der Waals surface area contributed by atoms with Gasteiger partial charge in [-0.05, 0) is 0 Å². The molecule has 0 aromatic carbocycles. The van der Waals surface area contributed by atoms with E-state index in [1.165, 1.54) is 0 Å². The summed E-state index contributed by atoms with van der Waals surface area (Å²) in [5, 5.41) is 0. The van der Waals surface area contributed by atoms with Crippen LogP contribution in [0.15, 0.2) is 0 Å². The third-order valence-corrected chi connectivity index (χ3v) is 2.49. The van der Waals surface area contributed by atoms with Crippen LogP contribution in [0, 0.1) is 0 Å². The Morgan fingerprint density at radius 2 is 1.75 bits per heavy atom. The van der Waals surface area contributed by atoms with Crippen molar-refractivity contribution in [3.8, 4) is 0 Å². The molecule has 1 unspecified atom stereocenters. The molecule has 1 atom stereocenters. The number of rotatable bonds is 0. The van der Waals surface area contributed by atoms with Crippen molar-refractivity contribution in [1.82, 2.24) is 0 Å². The van der Waals surface area contributed by atoms with Crippen molar-refractivity contribution in [2.75, 3.05) is 6.61 Å². The van der Waals surface area contributed by atoms with Crippen molar-refractivity contribution in [3.63, 3.8) is 0 Å². The molecule has 1 saturated heterocycles. The first kappa shape index (κ1) is 7.49. The molecule has 1 nitrogen and oxygen atoms in total. The molecule has 1 heterocycles. The first-order valence-corrected chi connectivity index (χ1v) is 3.72. The summed E-state index contributed by atoms with van der Waals surface area (Å²) >= 11 is -0.512. The predicted molar refractivity (Wildman–Crippen MR) is 20.5 cm³/mol. The fraction of sp³-hybridized carbons (Fsp3) is 1.00. The van der Waals surface area contributed by atoms with E-state index in [1.807, 2.05) is 0 Å². The number of alkyl halides is 3. The minimum absolute atomic E-state index is 0.417. The second-order valence-corrected chi connectivity index (χ2v) is 4.48. The Kier molecular flexibility index (Phi) is 1.81. The molecule has 0 spiro atoms. The van der Waals surface area contributed by atoms with Gasteiger partial charge in [0.15, 0.2) is 0 Å². The number of hydrogen-bond donors (Lipinski definition) is 0. The zero-order chi connectivity index (χ0) is 6.41. The van der Waals surface area contributed by atoms with Crippen LogP contribution in [0.4, 0.5) is 13.2 Å². The zero-order valence-corrected chi connectivity index (χ0v) is 7.37. The van der Waals surface area contributed by atoms with Crippen LogP contribution in [0.25, 0.3) is 0 Å². The summed E-state index contributed by atoms with van der Waals surface area (Å²) in [6.45, 7) is -0.417. The molecule has 0 aliphatic carbocycles. The second-order valence-electron chi connectivity index (χ2n) is 2.00. The zero-order valence-electron chi connectivity index (χ0n) is 4.25. The fourth-order valence-corrected chi connectivity index (χ4v) is 0.831. The standard InChI is InChI=1S/C3H2F3O.K/c4-2-1-7-3(2,5)6;/h1H2;. The van der Waals surface area contributed by atoms with E-state index in [1.54, 1.807) is 0 Å². The summed E-state index contributed by atoms with van der Waals surface area (Å²) in [6, 6.07) is 0. The molecule has 0 aromatic heterocycles. The van der Waals surface area contributed by atoms with Crippen molar-refractivity contribution in [3.05, 3.63) is 0 Å². The third-order valence-electron chi connectivity index (χ3n) is 1.13. The van der Waals surface area contributed by atoms with Crippen LogP contribution < -0.4 is 0 Å². The van der Waals surface area contributed by atoms with Crippen LogP contribution in [-0.2, 0) is 4.74 Å². The van der Waals surface area contributed by atoms with Crippen molar-refractivity contribution in [1.29, 1.82) is 0 Å². The maximum absolute atomic E-state index is 12.2. The molecular weight excluding hydrogens is 148 g/mol. The van der Waals surface area contributed by atoms with Gasteiger partial charge in [0, 0.05) is 0 Å². The summed E-state index contributed by atoms with van der Waals surface area (Å²) < 4.78 is 37.1. The molecule has 1 aliphatic heterocycles. The molecule has 0 bridgehead atoms. The average Bonchev–Trinajstić information content (AvgIpc) is 1.64. The Bertz CT molecular complexity index is 99.1. The van der Waals surface area contributed by atoms with Gasteiger partial charge in [-0.25, -0.2) is 0 Å². The summed E-state index contributed by atoms with van der Waals surface area (Å²) in [4.78, 5) is 0. The van der Waals surface area contributed by atoms with Crippen LogP contribution in [0.1, 0.15) is 0 Å². The van der Waals surface area contributed by atoms with E-state index in [0.29, 0.717) is 0 Å². The van der Waals surface area contributed by atoms with Gasteiger partial charge in [0.05, 0.1) is 0 Å². The summed E-state index contributed by atoms with van der Waals surface area (Å²) in [7, 11) is 0. The second kappa shape index (κ2) is 1.93. The summed E-state index contributed by atoms with van der Waals surface area (Å²) in [5.74, 6) is 0. The number of halogens is 3. The van der Waals surface area contributed by atoms with Crippen LogP contribution >= 0.6 is 0 Å². The van der Waals surface area contributed by atoms with Crippen molar-refractivity contribution in [2.24, 2.45) is 0 Å². The van der Waals surface area contributed by atoms with Crippen molar-refractivity contribution >= 4 is 49.0 Å². The number of ether oxygens (including phenoxy) is 1. The molecule has 8 heavy (non-hydrogen) atoms. The summed E-state index contributed by atoms with van der Waals surface area (Å²) in [6.07, 6.45) is -3.47. The Hall–Kier alpha value is 1.39. The predicted octanol–water partition coefficient (Wildman–Crippen LogP) is 0.444. The Morgan fingerprint density at radius 1 is 1.38 bits per heavy atom. The molecule has 1 aliphatic rings. The first-order chi connectivity index (χ1) is 3.46. The molecule has 0 amide bonds. The van der Waals surface area contributed by atoms with Gasteiger partial charge in [-0.15, -0.1) is 0 Å². The fourth-order valence-electron chi connectivity index (χ4n) is 0.380. The van der Waals surface area contributed by atoms with E-state index in [0.717, 1.165) is 0 Å². The van der Waals surface area contributed by atoms with E-state index in [9.17, 15) is 13.2 Å². The van der Waals surface area contributed by atoms with Crippen LogP contribution in [-0.4, -0.2) is 61.4 Å². The van der Waals surface area contributed by atoms with Crippen molar-refractivity contribution < 1.29 is 17.9 Å². The van der Waals surface area contributed by atoms with E-state index < -0.39 is 61.4 Å². The molecule has 0 saturated carbocycles. The van der Waals surface area contributed by atoms with Gasteiger partial charge in [0.1, 0.15) is 0 Å². The SMILES string of the molecule is F[C]1([K])COC1(F)F. The minimum atomic E-state index is -3.47. The van der Waals surface area contributed by atoms with Crippen LogP contribution in [0.3, 0.4) is 0 Å².